The van der Waals surface area contributed by atoms with Crippen LogP contribution >= 0.6 is 34.8 Å². The smallest absolute Gasteiger partial charge is 0.264 e. The number of carbonyl (C=O) groups is 2. The number of amides is 2. The van der Waals surface area contributed by atoms with Gasteiger partial charge < -0.3 is 10.2 Å². The standard InChI is InChI=1S/C26H26Cl3N3O4S/c1-3-30-26(34)18(2)31(16-19-12-14-20(27)15-13-19)24(33)17-32(23-11-7-10-22(28)25(23)29)37(35,36)21-8-5-4-6-9-21/h4-15,18H,3,16-17H2,1-2H3,(H,30,34)/t18-/m1/s1. The summed E-state index contributed by atoms with van der Waals surface area (Å²) in [7, 11) is -4.23. The van der Waals surface area contributed by atoms with Crippen molar-refractivity contribution in [3.63, 3.8) is 0 Å². The predicted molar refractivity (Wildman–Crippen MR) is 148 cm³/mol. The van der Waals surface area contributed by atoms with E-state index in [1.54, 1.807) is 62.4 Å². The molecule has 0 aliphatic carbocycles. The fourth-order valence-electron chi connectivity index (χ4n) is 3.61. The van der Waals surface area contributed by atoms with Crippen molar-refractivity contribution in [3.05, 3.63) is 93.4 Å². The zero-order valence-electron chi connectivity index (χ0n) is 20.2. The molecule has 7 nitrogen and oxygen atoms in total. The number of nitrogens with zero attached hydrogens (tertiary/aromatic N) is 2. The van der Waals surface area contributed by atoms with E-state index in [0.717, 1.165) is 4.31 Å². The minimum Gasteiger partial charge on any atom is -0.355 e. The van der Waals surface area contributed by atoms with Gasteiger partial charge in [-0.05, 0) is 55.8 Å². The van der Waals surface area contributed by atoms with Gasteiger partial charge in [0.1, 0.15) is 12.6 Å². The number of nitrogens with one attached hydrogen (secondary N) is 1. The first-order chi connectivity index (χ1) is 17.6. The summed E-state index contributed by atoms with van der Waals surface area (Å²) in [4.78, 5) is 27.8. The summed E-state index contributed by atoms with van der Waals surface area (Å²) in [6, 6.07) is 18.2. The molecule has 37 heavy (non-hydrogen) atoms. The number of anilines is 1. The van der Waals surface area contributed by atoms with Crippen molar-refractivity contribution in [2.24, 2.45) is 0 Å². The van der Waals surface area contributed by atoms with Crippen LogP contribution in [0.4, 0.5) is 5.69 Å². The van der Waals surface area contributed by atoms with Crippen LogP contribution in [0.5, 0.6) is 0 Å². The second kappa shape index (κ2) is 12.6. The van der Waals surface area contributed by atoms with Gasteiger partial charge in [-0.2, -0.15) is 0 Å². The SMILES string of the molecule is CCNC(=O)[C@@H](C)N(Cc1ccc(Cl)cc1)C(=O)CN(c1cccc(Cl)c1Cl)S(=O)(=O)c1ccccc1. The Hall–Kier alpha value is -2.78. The van der Waals surface area contributed by atoms with Crippen LogP contribution in [-0.4, -0.2) is 44.3 Å². The van der Waals surface area contributed by atoms with Gasteiger partial charge in [0.25, 0.3) is 10.0 Å². The Morgan fingerprint density at radius 3 is 2.19 bits per heavy atom. The second-order valence-electron chi connectivity index (χ2n) is 8.12. The van der Waals surface area contributed by atoms with Crippen molar-refractivity contribution in [1.29, 1.82) is 0 Å². The molecule has 0 unspecified atom stereocenters. The quantitative estimate of drug-likeness (QED) is 0.347. The van der Waals surface area contributed by atoms with Crippen LogP contribution in [0.15, 0.2) is 77.7 Å². The van der Waals surface area contributed by atoms with Crippen molar-refractivity contribution in [1.82, 2.24) is 10.2 Å². The molecule has 196 valence electrons. The highest BCUT2D eigenvalue weighted by Gasteiger charge is 2.33. The average molecular weight is 583 g/mol. The lowest BCUT2D eigenvalue weighted by Gasteiger charge is -2.32. The fraction of sp³-hybridized carbons (Fsp3) is 0.231. The molecule has 3 aromatic rings. The third-order valence-electron chi connectivity index (χ3n) is 5.59. The number of hydrogen-bond acceptors (Lipinski definition) is 4. The molecule has 0 bridgehead atoms. The molecule has 1 atom stereocenters. The normalized spacial score (nSPS) is 12.0. The van der Waals surface area contributed by atoms with Crippen molar-refractivity contribution in [2.75, 3.05) is 17.4 Å². The van der Waals surface area contributed by atoms with Gasteiger partial charge in [-0.25, -0.2) is 8.42 Å². The Morgan fingerprint density at radius 2 is 1.57 bits per heavy atom. The van der Waals surface area contributed by atoms with Gasteiger partial charge in [0.05, 0.1) is 20.6 Å². The summed E-state index contributed by atoms with van der Waals surface area (Å²) in [5.41, 5.74) is 0.760. The molecule has 0 radical (unpaired) electrons. The summed E-state index contributed by atoms with van der Waals surface area (Å²) in [6.45, 7) is 3.16. The van der Waals surface area contributed by atoms with Crippen molar-refractivity contribution < 1.29 is 18.0 Å². The highest BCUT2D eigenvalue weighted by atomic mass is 35.5. The van der Waals surface area contributed by atoms with Gasteiger partial charge in [-0.1, -0.05) is 71.2 Å². The van der Waals surface area contributed by atoms with E-state index >= 15 is 0 Å². The van der Waals surface area contributed by atoms with Crippen molar-refractivity contribution in [2.45, 2.75) is 31.3 Å². The van der Waals surface area contributed by atoms with E-state index in [2.05, 4.69) is 5.32 Å². The molecular weight excluding hydrogens is 557 g/mol. The first-order valence-electron chi connectivity index (χ1n) is 11.4. The number of hydrogen-bond donors (Lipinski definition) is 1. The van der Waals surface area contributed by atoms with Gasteiger partial charge in [0, 0.05) is 18.1 Å². The Morgan fingerprint density at radius 1 is 0.919 bits per heavy atom. The molecule has 11 heteroatoms. The van der Waals surface area contributed by atoms with Gasteiger partial charge in [-0.15, -0.1) is 0 Å². The fourth-order valence-corrected chi connectivity index (χ4v) is 5.63. The Balaban J connectivity index is 2.06. The van der Waals surface area contributed by atoms with Crippen LogP contribution in [-0.2, 0) is 26.2 Å². The minimum atomic E-state index is -4.23. The van der Waals surface area contributed by atoms with E-state index in [-0.39, 0.29) is 33.1 Å². The van der Waals surface area contributed by atoms with Crippen LogP contribution < -0.4 is 9.62 Å². The highest BCUT2D eigenvalue weighted by Crippen LogP contribution is 2.35. The van der Waals surface area contributed by atoms with Gasteiger partial charge in [-0.3, -0.25) is 13.9 Å². The molecule has 0 aromatic heterocycles. The molecule has 3 aromatic carbocycles. The molecule has 0 saturated carbocycles. The van der Waals surface area contributed by atoms with E-state index < -0.39 is 28.5 Å². The number of likely N-dealkylation sites (N-methyl/N-ethyl adjacent to an activating group) is 1. The molecular formula is C26H26Cl3N3O4S. The maximum Gasteiger partial charge on any atom is 0.264 e. The molecule has 2 amide bonds. The lowest BCUT2D eigenvalue weighted by Crippen LogP contribution is -2.51. The molecule has 0 aliphatic heterocycles. The average Bonchev–Trinajstić information content (AvgIpc) is 2.88. The Kier molecular flexibility index (Phi) is 9.84. The summed E-state index contributed by atoms with van der Waals surface area (Å²) in [5.74, 6) is -0.979. The Labute approximate surface area is 232 Å². The molecule has 0 aliphatic rings. The topological polar surface area (TPSA) is 86.8 Å². The largest absolute Gasteiger partial charge is 0.355 e. The molecule has 0 heterocycles. The van der Waals surface area contributed by atoms with E-state index in [9.17, 15) is 18.0 Å². The summed E-state index contributed by atoms with van der Waals surface area (Å²) in [6.07, 6.45) is 0. The molecule has 0 saturated heterocycles. The van der Waals surface area contributed by atoms with Gasteiger partial charge in [0.15, 0.2) is 0 Å². The van der Waals surface area contributed by atoms with Crippen LogP contribution in [0.25, 0.3) is 0 Å². The van der Waals surface area contributed by atoms with Crippen LogP contribution in [0.3, 0.4) is 0 Å². The number of benzene rings is 3. The van der Waals surface area contributed by atoms with Crippen LogP contribution in [0.2, 0.25) is 15.1 Å². The first kappa shape index (κ1) is 28.8. The monoisotopic (exact) mass is 581 g/mol. The third kappa shape index (κ3) is 6.96. The van der Waals surface area contributed by atoms with Gasteiger partial charge >= 0.3 is 0 Å². The summed E-state index contributed by atoms with van der Waals surface area (Å²) in [5, 5.41) is 3.35. The van der Waals surface area contributed by atoms with Crippen molar-refractivity contribution in [3.8, 4) is 0 Å². The lowest BCUT2D eigenvalue weighted by atomic mass is 10.1. The number of rotatable bonds is 10. The zero-order chi connectivity index (χ0) is 27.2. The number of carbonyl (C=O) groups excluding carboxylic acids is 2. The van der Waals surface area contributed by atoms with E-state index in [4.69, 9.17) is 34.8 Å². The van der Waals surface area contributed by atoms with Gasteiger partial charge in [0.2, 0.25) is 11.8 Å². The third-order valence-corrected chi connectivity index (χ3v) is 8.43. The number of halogens is 3. The van der Waals surface area contributed by atoms with E-state index in [1.165, 1.54) is 29.2 Å². The maximum atomic E-state index is 13.8. The second-order valence-corrected chi connectivity index (χ2v) is 11.2. The highest BCUT2D eigenvalue weighted by molar-refractivity contribution is 7.92. The first-order valence-corrected chi connectivity index (χ1v) is 14.0. The maximum absolute atomic E-state index is 13.8. The number of sulfonamides is 1. The molecule has 0 fully saturated rings. The predicted octanol–water partition coefficient (Wildman–Crippen LogP) is 5.40. The zero-order valence-corrected chi connectivity index (χ0v) is 23.3. The lowest BCUT2D eigenvalue weighted by molar-refractivity contribution is -0.139. The summed E-state index contributed by atoms with van der Waals surface area (Å²) >= 11 is 18.6. The van der Waals surface area contributed by atoms with E-state index in [1.807, 2.05) is 0 Å². The van der Waals surface area contributed by atoms with Crippen LogP contribution in [0, 0.1) is 0 Å². The minimum absolute atomic E-state index is 0.0162. The molecule has 3 rings (SSSR count). The van der Waals surface area contributed by atoms with E-state index in [0.29, 0.717) is 17.1 Å². The summed E-state index contributed by atoms with van der Waals surface area (Å²) < 4.78 is 28.3. The molecule has 0 spiro atoms. The Bertz CT molecular complexity index is 1350. The molecule has 1 N–H and O–H groups in total. The van der Waals surface area contributed by atoms with Crippen molar-refractivity contribution >= 4 is 62.3 Å². The van der Waals surface area contributed by atoms with Crippen LogP contribution in [0.1, 0.15) is 19.4 Å².